The van der Waals surface area contributed by atoms with Crippen molar-refractivity contribution in [3.05, 3.63) is 41.3 Å². The fraction of sp³-hybridized carbons (Fsp3) is 0.375. The third-order valence-electron chi connectivity index (χ3n) is 4.15. The van der Waals surface area contributed by atoms with Crippen molar-refractivity contribution in [1.82, 2.24) is 14.8 Å². The number of aryl methyl sites for hydroxylation is 1. The summed E-state index contributed by atoms with van der Waals surface area (Å²) in [5.41, 5.74) is 2.39. The van der Waals surface area contributed by atoms with Gasteiger partial charge in [0.15, 0.2) is 0 Å². The van der Waals surface area contributed by atoms with Gasteiger partial charge in [0.05, 0.1) is 23.8 Å². The summed E-state index contributed by atoms with van der Waals surface area (Å²) in [4.78, 5) is 16.6. The van der Waals surface area contributed by atoms with Gasteiger partial charge >= 0.3 is 0 Å². The Morgan fingerprint density at radius 2 is 2.30 bits per heavy atom. The van der Waals surface area contributed by atoms with Crippen LogP contribution < -0.4 is 5.32 Å². The Bertz CT molecular complexity index is 760. The van der Waals surface area contributed by atoms with Crippen molar-refractivity contribution in [3.63, 3.8) is 0 Å². The molecule has 1 saturated heterocycles. The second kappa shape index (κ2) is 6.18. The Hall–Kier alpha value is -2.72. The standard InChI is InChI=1S/C16H17N5O2/c1-10-13(9-19-21(10)2)15-12(5-6-23-15)16(22)20-14-4-3-11(7-17)8-18-14/h3-4,8-9,12,15H,5-6H2,1-2H3,(H,18,20,22)/t12-,15-/m0/s1. The van der Waals surface area contributed by atoms with Gasteiger partial charge in [-0.2, -0.15) is 10.4 Å². The molecule has 0 bridgehead atoms. The molecular weight excluding hydrogens is 294 g/mol. The van der Waals surface area contributed by atoms with E-state index in [4.69, 9.17) is 10.00 Å². The van der Waals surface area contributed by atoms with Crippen molar-refractivity contribution >= 4 is 11.7 Å². The van der Waals surface area contributed by atoms with E-state index in [2.05, 4.69) is 15.4 Å². The zero-order valence-electron chi connectivity index (χ0n) is 13.0. The molecule has 0 saturated carbocycles. The SMILES string of the molecule is Cc1c([C@H]2OCC[C@@H]2C(=O)Nc2ccc(C#N)cn2)cnn1C. The van der Waals surface area contributed by atoms with E-state index in [1.54, 1.807) is 23.0 Å². The largest absolute Gasteiger partial charge is 0.373 e. The molecule has 2 aromatic rings. The van der Waals surface area contributed by atoms with Gasteiger partial charge in [0.1, 0.15) is 11.9 Å². The summed E-state index contributed by atoms with van der Waals surface area (Å²) >= 11 is 0. The van der Waals surface area contributed by atoms with Gasteiger partial charge in [-0.25, -0.2) is 4.98 Å². The molecule has 3 heterocycles. The summed E-state index contributed by atoms with van der Waals surface area (Å²) < 4.78 is 7.54. The second-order valence-electron chi connectivity index (χ2n) is 5.53. The number of anilines is 1. The highest BCUT2D eigenvalue weighted by Crippen LogP contribution is 2.36. The molecule has 118 valence electrons. The lowest BCUT2D eigenvalue weighted by Gasteiger charge is -2.17. The number of pyridine rings is 1. The molecule has 1 aliphatic rings. The maximum Gasteiger partial charge on any atom is 0.231 e. The molecular formula is C16H17N5O2. The third kappa shape index (κ3) is 2.94. The molecule has 7 nitrogen and oxygen atoms in total. The molecule has 23 heavy (non-hydrogen) atoms. The molecule has 0 aromatic carbocycles. The normalized spacial score (nSPS) is 20.2. The minimum atomic E-state index is -0.290. The average molecular weight is 311 g/mol. The van der Waals surface area contributed by atoms with Crippen LogP contribution in [-0.4, -0.2) is 27.3 Å². The zero-order chi connectivity index (χ0) is 16.4. The fourth-order valence-corrected chi connectivity index (χ4v) is 2.71. The van der Waals surface area contributed by atoms with Gasteiger partial charge < -0.3 is 10.1 Å². The van der Waals surface area contributed by atoms with Gasteiger partial charge in [-0.05, 0) is 25.5 Å². The van der Waals surface area contributed by atoms with E-state index in [9.17, 15) is 4.79 Å². The average Bonchev–Trinajstić information content (AvgIpc) is 3.16. The molecule has 0 aliphatic carbocycles. The van der Waals surface area contributed by atoms with Crippen LogP contribution in [0.25, 0.3) is 0 Å². The lowest BCUT2D eigenvalue weighted by molar-refractivity contribution is -0.121. The van der Waals surface area contributed by atoms with Crippen molar-refractivity contribution < 1.29 is 9.53 Å². The van der Waals surface area contributed by atoms with Crippen molar-refractivity contribution in [1.29, 1.82) is 5.26 Å². The van der Waals surface area contributed by atoms with E-state index in [-0.39, 0.29) is 17.9 Å². The maximum atomic E-state index is 12.5. The second-order valence-corrected chi connectivity index (χ2v) is 5.53. The number of amides is 1. The van der Waals surface area contributed by atoms with E-state index >= 15 is 0 Å². The van der Waals surface area contributed by atoms with Gasteiger partial charge in [0.2, 0.25) is 5.91 Å². The first-order chi connectivity index (χ1) is 11.1. The van der Waals surface area contributed by atoms with Crippen molar-refractivity contribution in [3.8, 4) is 6.07 Å². The van der Waals surface area contributed by atoms with Crippen molar-refractivity contribution in [2.45, 2.75) is 19.4 Å². The topological polar surface area (TPSA) is 92.8 Å². The Morgan fingerprint density at radius 3 is 2.91 bits per heavy atom. The van der Waals surface area contributed by atoms with Crippen LogP contribution in [0, 0.1) is 24.2 Å². The molecule has 1 N–H and O–H groups in total. The van der Waals surface area contributed by atoms with Crippen LogP contribution in [0.1, 0.15) is 29.3 Å². The first kappa shape index (κ1) is 15.2. The molecule has 2 atom stereocenters. The van der Waals surface area contributed by atoms with Crippen LogP contribution >= 0.6 is 0 Å². The number of nitrogens with zero attached hydrogens (tertiary/aromatic N) is 4. The summed E-state index contributed by atoms with van der Waals surface area (Å²) in [6.07, 6.45) is 3.55. The lowest BCUT2D eigenvalue weighted by atomic mass is 9.95. The lowest BCUT2D eigenvalue weighted by Crippen LogP contribution is -2.26. The Morgan fingerprint density at radius 1 is 1.48 bits per heavy atom. The van der Waals surface area contributed by atoms with Gasteiger partial charge in [-0.1, -0.05) is 0 Å². The molecule has 0 unspecified atom stereocenters. The van der Waals surface area contributed by atoms with Crippen molar-refractivity contribution in [2.75, 3.05) is 11.9 Å². The molecule has 1 aliphatic heterocycles. The van der Waals surface area contributed by atoms with Crippen LogP contribution in [0.4, 0.5) is 5.82 Å². The molecule has 2 aromatic heterocycles. The number of carbonyl (C=O) groups is 1. The first-order valence-electron chi connectivity index (χ1n) is 7.37. The number of nitriles is 1. The number of hydrogen-bond donors (Lipinski definition) is 1. The monoisotopic (exact) mass is 311 g/mol. The maximum absolute atomic E-state index is 12.5. The number of carbonyl (C=O) groups excluding carboxylic acids is 1. The zero-order valence-corrected chi connectivity index (χ0v) is 13.0. The summed E-state index contributed by atoms with van der Waals surface area (Å²) in [5.74, 6) is 0.0193. The molecule has 7 heteroatoms. The van der Waals surface area contributed by atoms with E-state index in [1.807, 2.05) is 20.0 Å². The quantitative estimate of drug-likeness (QED) is 0.931. The summed E-state index contributed by atoms with van der Waals surface area (Å²) in [5, 5.41) is 15.8. The Labute approximate surface area is 133 Å². The fourth-order valence-electron chi connectivity index (χ4n) is 2.71. The van der Waals surface area contributed by atoms with Crippen LogP contribution in [0.5, 0.6) is 0 Å². The summed E-state index contributed by atoms with van der Waals surface area (Å²) in [7, 11) is 1.86. The van der Waals surface area contributed by atoms with Crippen LogP contribution in [-0.2, 0) is 16.6 Å². The van der Waals surface area contributed by atoms with E-state index in [0.717, 1.165) is 11.3 Å². The van der Waals surface area contributed by atoms with Crippen LogP contribution in [0.3, 0.4) is 0 Å². The molecule has 3 rings (SSSR count). The molecule has 1 amide bonds. The van der Waals surface area contributed by atoms with Gasteiger partial charge in [-0.3, -0.25) is 9.48 Å². The van der Waals surface area contributed by atoms with Crippen molar-refractivity contribution in [2.24, 2.45) is 13.0 Å². The number of nitrogens with one attached hydrogen (secondary N) is 1. The molecule has 0 spiro atoms. The number of aromatic nitrogens is 3. The van der Waals surface area contributed by atoms with Gasteiger partial charge in [0.25, 0.3) is 0 Å². The summed E-state index contributed by atoms with van der Waals surface area (Å²) in [6.45, 7) is 2.50. The third-order valence-corrected chi connectivity index (χ3v) is 4.15. The minimum absolute atomic E-state index is 0.132. The number of hydrogen-bond acceptors (Lipinski definition) is 5. The first-order valence-corrected chi connectivity index (χ1v) is 7.37. The number of rotatable bonds is 3. The smallest absolute Gasteiger partial charge is 0.231 e. The minimum Gasteiger partial charge on any atom is -0.373 e. The predicted molar refractivity (Wildman–Crippen MR) is 82.3 cm³/mol. The highest BCUT2D eigenvalue weighted by Gasteiger charge is 2.37. The number of ether oxygens (including phenoxy) is 1. The Balaban J connectivity index is 1.75. The van der Waals surface area contributed by atoms with Gasteiger partial charge in [0, 0.05) is 31.1 Å². The van der Waals surface area contributed by atoms with E-state index in [0.29, 0.717) is 24.4 Å². The highest BCUT2D eigenvalue weighted by molar-refractivity contribution is 5.92. The van der Waals surface area contributed by atoms with Gasteiger partial charge in [-0.15, -0.1) is 0 Å². The van der Waals surface area contributed by atoms with E-state index in [1.165, 1.54) is 6.20 Å². The van der Waals surface area contributed by atoms with E-state index < -0.39 is 0 Å². The van der Waals surface area contributed by atoms with Crippen LogP contribution in [0.15, 0.2) is 24.5 Å². The summed E-state index contributed by atoms with van der Waals surface area (Å²) in [6, 6.07) is 5.24. The predicted octanol–water partition coefficient (Wildman–Crippen LogP) is 1.71. The molecule has 0 radical (unpaired) electrons. The Kier molecular flexibility index (Phi) is 4.08. The van der Waals surface area contributed by atoms with Crippen LogP contribution in [0.2, 0.25) is 0 Å². The highest BCUT2D eigenvalue weighted by atomic mass is 16.5. The molecule has 1 fully saturated rings.